The van der Waals surface area contributed by atoms with E-state index in [0.717, 1.165) is 77.0 Å². The summed E-state index contributed by atoms with van der Waals surface area (Å²) in [4.78, 5) is 38.1. The van der Waals surface area contributed by atoms with Crippen LogP contribution < -0.4 is 0 Å². The molecule has 67 heavy (non-hydrogen) atoms. The van der Waals surface area contributed by atoms with Crippen molar-refractivity contribution in [2.75, 3.05) is 13.2 Å². The SMILES string of the molecule is CCCCC/C=C\C/C=C\C/C=C\CCCCCCCCC(=O)OCC(COC(=O)CCCCCCCCCCCCC)OC(=O)CCCCCCCCCCC/C=C\CCCCCCCC. The summed E-state index contributed by atoms with van der Waals surface area (Å²) in [7, 11) is 0. The molecule has 1 atom stereocenters. The zero-order valence-corrected chi connectivity index (χ0v) is 44.7. The van der Waals surface area contributed by atoms with Gasteiger partial charge >= 0.3 is 17.9 Å². The highest BCUT2D eigenvalue weighted by atomic mass is 16.6. The fourth-order valence-electron chi connectivity index (χ4n) is 8.39. The first-order valence-electron chi connectivity index (χ1n) is 29.1. The van der Waals surface area contributed by atoms with Crippen LogP contribution in [0.15, 0.2) is 48.6 Å². The Hall–Kier alpha value is -2.63. The fraction of sp³-hybridized carbons (Fsp3) is 0.820. The van der Waals surface area contributed by atoms with E-state index in [1.807, 2.05) is 0 Å². The van der Waals surface area contributed by atoms with Crippen LogP contribution in [0.1, 0.15) is 303 Å². The molecule has 0 aliphatic carbocycles. The van der Waals surface area contributed by atoms with Crippen LogP contribution >= 0.6 is 0 Å². The molecule has 0 bridgehead atoms. The molecule has 0 aromatic rings. The quantitative estimate of drug-likeness (QED) is 0.0262. The van der Waals surface area contributed by atoms with Crippen molar-refractivity contribution in [2.45, 2.75) is 309 Å². The van der Waals surface area contributed by atoms with Crippen molar-refractivity contribution >= 4 is 17.9 Å². The van der Waals surface area contributed by atoms with Crippen molar-refractivity contribution in [3.63, 3.8) is 0 Å². The minimum atomic E-state index is -0.777. The number of hydrogen-bond donors (Lipinski definition) is 0. The summed E-state index contributed by atoms with van der Waals surface area (Å²) in [5, 5.41) is 0. The zero-order chi connectivity index (χ0) is 48.6. The Morgan fingerprint density at radius 3 is 0.881 bits per heavy atom. The number of rotatable bonds is 53. The summed E-state index contributed by atoms with van der Waals surface area (Å²) in [5.74, 6) is -0.877. The van der Waals surface area contributed by atoms with E-state index in [9.17, 15) is 14.4 Å². The van der Waals surface area contributed by atoms with Gasteiger partial charge in [-0.1, -0.05) is 249 Å². The van der Waals surface area contributed by atoms with E-state index in [0.29, 0.717) is 19.3 Å². The van der Waals surface area contributed by atoms with E-state index in [1.54, 1.807) is 0 Å². The predicted molar refractivity (Wildman–Crippen MR) is 289 cm³/mol. The number of ether oxygens (including phenoxy) is 3. The van der Waals surface area contributed by atoms with Crippen LogP contribution in [0.3, 0.4) is 0 Å². The molecule has 0 fully saturated rings. The molecule has 0 heterocycles. The van der Waals surface area contributed by atoms with Gasteiger partial charge in [0.25, 0.3) is 0 Å². The summed E-state index contributed by atoms with van der Waals surface area (Å²) < 4.78 is 16.9. The lowest BCUT2D eigenvalue weighted by atomic mass is 10.1. The molecule has 0 N–H and O–H groups in total. The molecule has 0 saturated heterocycles. The molecule has 0 aromatic carbocycles. The van der Waals surface area contributed by atoms with Crippen LogP contribution in [0, 0.1) is 0 Å². The maximum atomic E-state index is 12.9. The topological polar surface area (TPSA) is 78.9 Å². The normalized spacial score (nSPS) is 12.3. The van der Waals surface area contributed by atoms with Crippen molar-refractivity contribution in [2.24, 2.45) is 0 Å². The third-order valence-electron chi connectivity index (χ3n) is 12.8. The summed E-state index contributed by atoms with van der Waals surface area (Å²) in [6.07, 6.45) is 68.1. The zero-order valence-electron chi connectivity index (χ0n) is 44.7. The summed E-state index contributed by atoms with van der Waals surface area (Å²) in [6.45, 7) is 6.62. The van der Waals surface area contributed by atoms with E-state index >= 15 is 0 Å². The predicted octanol–water partition coefficient (Wildman–Crippen LogP) is 19.4. The first-order valence-corrected chi connectivity index (χ1v) is 29.1. The molecule has 0 amide bonds. The second kappa shape index (κ2) is 56.0. The van der Waals surface area contributed by atoms with E-state index < -0.39 is 6.10 Å². The average molecular weight is 940 g/mol. The second-order valence-electron chi connectivity index (χ2n) is 19.6. The van der Waals surface area contributed by atoms with Crippen LogP contribution in [-0.4, -0.2) is 37.2 Å². The fourth-order valence-corrected chi connectivity index (χ4v) is 8.39. The highest BCUT2D eigenvalue weighted by molar-refractivity contribution is 5.71. The summed E-state index contributed by atoms with van der Waals surface area (Å²) >= 11 is 0. The Balaban J connectivity index is 4.33. The van der Waals surface area contributed by atoms with Gasteiger partial charge in [-0.05, 0) is 83.5 Å². The van der Waals surface area contributed by atoms with Gasteiger partial charge in [0.15, 0.2) is 6.10 Å². The number of carbonyl (C=O) groups is 3. The van der Waals surface area contributed by atoms with Gasteiger partial charge in [0, 0.05) is 19.3 Å². The van der Waals surface area contributed by atoms with Gasteiger partial charge in [-0.2, -0.15) is 0 Å². The Bertz CT molecular complexity index is 1170. The molecule has 0 aromatic heterocycles. The van der Waals surface area contributed by atoms with Gasteiger partial charge in [-0.15, -0.1) is 0 Å². The monoisotopic (exact) mass is 939 g/mol. The molecule has 6 heteroatoms. The standard InChI is InChI=1S/C61H110O6/c1-4-7-10-13-16-19-22-24-26-28-30-32-34-36-39-42-45-48-51-54-60(63)66-57-58(56-65-59(62)53-50-47-44-41-38-21-18-15-12-9-6-3)67-61(64)55-52-49-46-43-40-37-35-33-31-29-27-25-23-20-17-14-11-8-5-2/h16,19,24-27,30,32,58H,4-15,17-18,20-23,28-29,31,33-57H2,1-3H3/b19-16-,26-24-,27-25-,32-30-. The average Bonchev–Trinajstić information content (AvgIpc) is 3.33. The minimum Gasteiger partial charge on any atom is -0.462 e. The largest absolute Gasteiger partial charge is 0.462 e. The highest BCUT2D eigenvalue weighted by Gasteiger charge is 2.19. The van der Waals surface area contributed by atoms with Crippen molar-refractivity contribution in [3.05, 3.63) is 48.6 Å². The number of hydrogen-bond acceptors (Lipinski definition) is 6. The first kappa shape index (κ1) is 64.4. The highest BCUT2D eigenvalue weighted by Crippen LogP contribution is 2.16. The molecule has 0 aliphatic rings. The number of esters is 3. The van der Waals surface area contributed by atoms with Gasteiger partial charge in [0.05, 0.1) is 0 Å². The second-order valence-corrected chi connectivity index (χ2v) is 19.6. The Morgan fingerprint density at radius 1 is 0.299 bits per heavy atom. The maximum absolute atomic E-state index is 12.9. The molecule has 0 aliphatic heterocycles. The molecule has 0 rings (SSSR count). The van der Waals surface area contributed by atoms with Crippen LogP contribution in [0.5, 0.6) is 0 Å². The summed E-state index contributed by atoms with van der Waals surface area (Å²) in [6, 6.07) is 0. The van der Waals surface area contributed by atoms with Gasteiger partial charge < -0.3 is 14.2 Å². The molecule has 0 spiro atoms. The van der Waals surface area contributed by atoms with Crippen molar-refractivity contribution < 1.29 is 28.6 Å². The third-order valence-corrected chi connectivity index (χ3v) is 12.8. The number of unbranched alkanes of at least 4 members (excludes halogenated alkanes) is 34. The van der Waals surface area contributed by atoms with Gasteiger partial charge in [-0.3, -0.25) is 14.4 Å². The van der Waals surface area contributed by atoms with E-state index in [-0.39, 0.29) is 31.1 Å². The summed E-state index contributed by atoms with van der Waals surface area (Å²) in [5.41, 5.74) is 0. The molecular formula is C61H110O6. The van der Waals surface area contributed by atoms with Crippen LogP contribution in [-0.2, 0) is 28.6 Å². The van der Waals surface area contributed by atoms with E-state index in [1.165, 1.54) is 186 Å². The first-order chi connectivity index (χ1) is 33.0. The van der Waals surface area contributed by atoms with Crippen LogP contribution in [0.4, 0.5) is 0 Å². The Morgan fingerprint density at radius 2 is 0.537 bits per heavy atom. The van der Waals surface area contributed by atoms with Gasteiger partial charge in [0.1, 0.15) is 13.2 Å². The van der Waals surface area contributed by atoms with E-state index in [2.05, 4.69) is 69.4 Å². The van der Waals surface area contributed by atoms with Gasteiger partial charge in [-0.25, -0.2) is 0 Å². The molecule has 1 unspecified atom stereocenters. The molecular weight excluding hydrogens is 829 g/mol. The molecule has 0 saturated carbocycles. The van der Waals surface area contributed by atoms with Crippen molar-refractivity contribution in [1.82, 2.24) is 0 Å². The third kappa shape index (κ3) is 54.2. The Labute approximate surface area is 416 Å². The smallest absolute Gasteiger partial charge is 0.306 e. The van der Waals surface area contributed by atoms with Crippen molar-refractivity contribution in [1.29, 1.82) is 0 Å². The van der Waals surface area contributed by atoms with Gasteiger partial charge in [0.2, 0.25) is 0 Å². The molecule has 6 nitrogen and oxygen atoms in total. The molecule has 390 valence electrons. The molecule has 0 radical (unpaired) electrons. The maximum Gasteiger partial charge on any atom is 0.306 e. The lowest BCUT2D eigenvalue weighted by Crippen LogP contribution is -2.30. The minimum absolute atomic E-state index is 0.0753. The lowest BCUT2D eigenvalue weighted by molar-refractivity contribution is -0.167. The lowest BCUT2D eigenvalue weighted by Gasteiger charge is -2.18. The van der Waals surface area contributed by atoms with Crippen LogP contribution in [0.25, 0.3) is 0 Å². The Kier molecular flexibility index (Phi) is 53.8. The number of carbonyl (C=O) groups excluding carboxylic acids is 3. The van der Waals surface area contributed by atoms with Crippen LogP contribution in [0.2, 0.25) is 0 Å². The number of allylic oxidation sites excluding steroid dienone is 8. The van der Waals surface area contributed by atoms with Crippen molar-refractivity contribution in [3.8, 4) is 0 Å². The van der Waals surface area contributed by atoms with E-state index in [4.69, 9.17) is 14.2 Å².